The van der Waals surface area contributed by atoms with Gasteiger partial charge < -0.3 is 19.5 Å². The zero-order valence-electron chi connectivity index (χ0n) is 16.9. The number of ether oxygens (including phenoxy) is 1. The van der Waals surface area contributed by atoms with E-state index in [4.69, 9.17) is 9.26 Å². The van der Waals surface area contributed by atoms with Gasteiger partial charge in [-0.15, -0.1) is 0 Å². The average molecular weight is 420 g/mol. The van der Waals surface area contributed by atoms with Crippen molar-refractivity contribution in [2.45, 2.75) is 19.9 Å². The number of carbonyl (C=O) groups excluding carboxylic acids is 2. The Labute approximate surface area is 178 Å². The molecule has 8 heteroatoms. The first-order chi connectivity index (χ1) is 14.9. The minimum absolute atomic E-state index is 0.0412. The lowest BCUT2D eigenvalue weighted by atomic mass is 9.95. The summed E-state index contributed by atoms with van der Waals surface area (Å²) in [6.07, 6.45) is 0. The molecular formula is C23H20N2O6. The molecule has 1 aliphatic heterocycles. The lowest BCUT2D eigenvalue weighted by Gasteiger charge is -2.23. The van der Waals surface area contributed by atoms with Gasteiger partial charge in [-0.2, -0.15) is 0 Å². The number of aliphatic hydroxyl groups excluding tert-OH is 1. The van der Waals surface area contributed by atoms with Crippen molar-refractivity contribution < 1.29 is 29.1 Å². The number of ketones is 1. The summed E-state index contributed by atoms with van der Waals surface area (Å²) < 4.78 is 10.5. The van der Waals surface area contributed by atoms with Crippen LogP contribution in [0.2, 0.25) is 0 Å². The van der Waals surface area contributed by atoms with Gasteiger partial charge in [0.05, 0.1) is 18.2 Å². The number of anilines is 1. The molecular weight excluding hydrogens is 400 g/mol. The predicted octanol–water partition coefficient (Wildman–Crippen LogP) is 3.71. The largest absolute Gasteiger partial charge is 0.508 e. The van der Waals surface area contributed by atoms with E-state index in [-0.39, 0.29) is 22.9 Å². The Hall–Kier alpha value is -4.07. The van der Waals surface area contributed by atoms with Crippen molar-refractivity contribution in [1.29, 1.82) is 0 Å². The summed E-state index contributed by atoms with van der Waals surface area (Å²) in [4.78, 5) is 27.1. The number of phenols is 1. The Morgan fingerprint density at radius 1 is 1.16 bits per heavy atom. The molecule has 4 rings (SSSR count). The maximum Gasteiger partial charge on any atom is 0.301 e. The predicted molar refractivity (Wildman–Crippen MR) is 112 cm³/mol. The summed E-state index contributed by atoms with van der Waals surface area (Å²) in [6.45, 7) is 4.01. The highest BCUT2D eigenvalue weighted by Gasteiger charge is 2.48. The van der Waals surface area contributed by atoms with Crippen LogP contribution in [0.15, 0.2) is 64.7 Å². The van der Waals surface area contributed by atoms with Gasteiger partial charge in [-0.1, -0.05) is 17.3 Å². The molecule has 1 aromatic heterocycles. The molecule has 0 radical (unpaired) electrons. The van der Waals surface area contributed by atoms with E-state index >= 15 is 0 Å². The van der Waals surface area contributed by atoms with Crippen LogP contribution in [0.4, 0.5) is 5.82 Å². The number of aliphatic hydroxyl groups is 1. The molecule has 0 saturated carbocycles. The van der Waals surface area contributed by atoms with Crippen molar-refractivity contribution in [1.82, 2.24) is 5.16 Å². The standard InChI is InChI=1S/C23H20N2O6/c1-3-30-17-9-7-14(8-10-17)21(27)19-20(15-5-4-6-16(26)12-15)25(23(29)22(19)28)18-11-13(2)31-24-18/h4-12,20,26-27H,3H2,1-2H3/b21-19+. The van der Waals surface area contributed by atoms with Gasteiger partial charge in [-0.25, -0.2) is 0 Å². The first kappa shape index (κ1) is 20.2. The SMILES string of the molecule is CCOc1ccc(/C(O)=C2\C(=O)C(=O)N(c3cc(C)on3)C2c2cccc(O)c2)cc1. The molecule has 1 atom stereocenters. The molecule has 0 aliphatic carbocycles. The number of hydrogen-bond acceptors (Lipinski definition) is 7. The average Bonchev–Trinajstić information content (AvgIpc) is 3.29. The summed E-state index contributed by atoms with van der Waals surface area (Å²) in [6, 6.07) is 13.2. The highest BCUT2D eigenvalue weighted by molar-refractivity contribution is 6.51. The van der Waals surface area contributed by atoms with E-state index in [0.29, 0.717) is 29.2 Å². The summed E-state index contributed by atoms with van der Waals surface area (Å²) in [5, 5.41) is 24.9. The molecule has 31 heavy (non-hydrogen) atoms. The van der Waals surface area contributed by atoms with Gasteiger partial charge in [-0.05, 0) is 55.8 Å². The summed E-state index contributed by atoms with van der Waals surface area (Å²) in [7, 11) is 0. The van der Waals surface area contributed by atoms with Crippen LogP contribution in [0.1, 0.15) is 29.9 Å². The first-order valence-corrected chi connectivity index (χ1v) is 9.67. The summed E-state index contributed by atoms with van der Waals surface area (Å²) in [5.74, 6) is -0.883. The van der Waals surface area contributed by atoms with Gasteiger partial charge in [0.25, 0.3) is 5.78 Å². The van der Waals surface area contributed by atoms with Crippen molar-refractivity contribution in [3.05, 3.63) is 77.1 Å². The molecule has 1 unspecified atom stereocenters. The monoisotopic (exact) mass is 420 g/mol. The minimum atomic E-state index is -0.997. The van der Waals surface area contributed by atoms with Gasteiger partial charge >= 0.3 is 5.91 Å². The van der Waals surface area contributed by atoms with E-state index in [1.807, 2.05) is 6.92 Å². The van der Waals surface area contributed by atoms with Crippen LogP contribution < -0.4 is 9.64 Å². The van der Waals surface area contributed by atoms with Crippen LogP contribution in [0.25, 0.3) is 5.76 Å². The van der Waals surface area contributed by atoms with E-state index in [0.717, 1.165) is 4.90 Å². The van der Waals surface area contributed by atoms with Crippen molar-refractivity contribution in [3.8, 4) is 11.5 Å². The lowest BCUT2D eigenvalue weighted by Crippen LogP contribution is -2.29. The van der Waals surface area contributed by atoms with Crippen LogP contribution in [-0.2, 0) is 9.59 Å². The van der Waals surface area contributed by atoms with E-state index in [2.05, 4.69) is 5.16 Å². The molecule has 8 nitrogen and oxygen atoms in total. The molecule has 0 bridgehead atoms. The fourth-order valence-corrected chi connectivity index (χ4v) is 3.58. The molecule has 1 saturated heterocycles. The molecule has 1 aliphatic rings. The second-order valence-corrected chi connectivity index (χ2v) is 7.02. The Balaban J connectivity index is 1.89. The first-order valence-electron chi connectivity index (χ1n) is 9.67. The van der Waals surface area contributed by atoms with E-state index in [9.17, 15) is 19.8 Å². The van der Waals surface area contributed by atoms with Gasteiger partial charge in [-0.3, -0.25) is 14.5 Å². The van der Waals surface area contributed by atoms with Crippen molar-refractivity contribution >= 4 is 23.3 Å². The number of carbonyl (C=O) groups is 2. The van der Waals surface area contributed by atoms with Crippen molar-refractivity contribution in [2.24, 2.45) is 0 Å². The third-order valence-corrected chi connectivity index (χ3v) is 4.93. The van der Waals surface area contributed by atoms with Crippen LogP contribution >= 0.6 is 0 Å². The van der Waals surface area contributed by atoms with Gasteiger partial charge in [0.15, 0.2) is 5.82 Å². The van der Waals surface area contributed by atoms with Crippen molar-refractivity contribution in [3.63, 3.8) is 0 Å². The minimum Gasteiger partial charge on any atom is -0.508 e. The van der Waals surface area contributed by atoms with E-state index in [1.54, 1.807) is 43.3 Å². The van der Waals surface area contributed by atoms with Crippen LogP contribution in [0, 0.1) is 6.92 Å². The van der Waals surface area contributed by atoms with Crippen LogP contribution in [0.3, 0.4) is 0 Å². The number of aromatic hydroxyl groups is 1. The lowest BCUT2D eigenvalue weighted by molar-refractivity contribution is -0.132. The quantitative estimate of drug-likeness (QED) is 0.367. The maximum atomic E-state index is 13.0. The number of Topliss-reactive ketones (excluding diaryl/α,β-unsaturated/α-hetero) is 1. The Bertz CT molecular complexity index is 1180. The third kappa shape index (κ3) is 3.63. The zero-order valence-corrected chi connectivity index (χ0v) is 16.9. The van der Waals surface area contributed by atoms with Gasteiger partial charge in [0.2, 0.25) is 0 Å². The van der Waals surface area contributed by atoms with E-state index < -0.39 is 17.7 Å². The highest BCUT2D eigenvalue weighted by atomic mass is 16.5. The Kier molecular flexibility index (Phi) is 5.21. The van der Waals surface area contributed by atoms with E-state index in [1.165, 1.54) is 18.2 Å². The number of phenolic OH excluding ortho intramolecular Hbond substituents is 1. The third-order valence-electron chi connectivity index (χ3n) is 4.93. The molecule has 2 N–H and O–H groups in total. The second kappa shape index (κ2) is 7.98. The number of benzene rings is 2. The molecule has 158 valence electrons. The fraction of sp³-hybridized carbons (Fsp3) is 0.174. The number of aryl methyl sites for hydroxylation is 1. The molecule has 0 spiro atoms. The number of hydrogen-bond donors (Lipinski definition) is 2. The molecule has 1 amide bonds. The zero-order chi connectivity index (χ0) is 22.1. The van der Waals surface area contributed by atoms with Crippen LogP contribution in [0.5, 0.6) is 11.5 Å². The van der Waals surface area contributed by atoms with Crippen molar-refractivity contribution in [2.75, 3.05) is 11.5 Å². The Morgan fingerprint density at radius 3 is 2.52 bits per heavy atom. The maximum absolute atomic E-state index is 13.0. The topological polar surface area (TPSA) is 113 Å². The molecule has 2 aromatic carbocycles. The molecule has 1 fully saturated rings. The van der Waals surface area contributed by atoms with Crippen LogP contribution in [-0.4, -0.2) is 33.7 Å². The number of rotatable bonds is 5. The second-order valence-electron chi connectivity index (χ2n) is 7.02. The summed E-state index contributed by atoms with van der Waals surface area (Å²) in [5.41, 5.74) is 0.677. The number of nitrogens with zero attached hydrogens (tertiary/aromatic N) is 2. The highest BCUT2D eigenvalue weighted by Crippen LogP contribution is 2.42. The van der Waals surface area contributed by atoms with Gasteiger partial charge in [0.1, 0.15) is 23.0 Å². The summed E-state index contributed by atoms with van der Waals surface area (Å²) >= 11 is 0. The normalized spacial score (nSPS) is 17.9. The number of amides is 1. The number of aromatic nitrogens is 1. The fourth-order valence-electron chi connectivity index (χ4n) is 3.58. The Morgan fingerprint density at radius 2 is 1.90 bits per heavy atom. The molecule has 3 aromatic rings. The molecule has 2 heterocycles. The smallest absolute Gasteiger partial charge is 0.301 e. The van der Waals surface area contributed by atoms with Gasteiger partial charge in [0, 0.05) is 11.6 Å².